The van der Waals surface area contributed by atoms with E-state index in [0.29, 0.717) is 39.2 Å². The summed E-state index contributed by atoms with van der Waals surface area (Å²) in [4.78, 5) is 18.6. The molecule has 5 nitrogen and oxygen atoms in total. The average molecular weight is 1020 g/mol. The van der Waals surface area contributed by atoms with Crippen LogP contribution in [0.25, 0.3) is 78.0 Å². The Hall–Kier alpha value is -6.05. The molecule has 0 fully saturated rings. The van der Waals surface area contributed by atoms with E-state index < -0.39 is 26.5 Å². The summed E-state index contributed by atoms with van der Waals surface area (Å²) in [7, 11) is 0. The number of nitrogens with zero attached hydrogens (tertiary/aromatic N) is 4. The van der Waals surface area contributed by atoms with Gasteiger partial charge in [0.1, 0.15) is 5.52 Å². The van der Waals surface area contributed by atoms with E-state index in [9.17, 15) is 0 Å². The number of aromatic nitrogens is 4. The van der Waals surface area contributed by atoms with Gasteiger partial charge in [0, 0.05) is 36.0 Å². The van der Waals surface area contributed by atoms with E-state index >= 15 is 0 Å². The summed E-state index contributed by atoms with van der Waals surface area (Å²) in [6.07, 6.45) is 1.93. The van der Waals surface area contributed by atoms with Crippen LogP contribution in [-0.2, 0) is 26.5 Å². The van der Waals surface area contributed by atoms with Crippen LogP contribution in [0.2, 0.25) is 17.3 Å². The SMILES string of the molecule is [2H]C([2H])([2H])c1cc(-c2[c-]cc3oc4nc5ccccc5nc4c3c2)ncc1-c1ccccc1.[2H]C([2H])(c1ccccc1)c1cc(-c2[c-]ccc(-c3ccccc3)c2)nc[c]1[Ge]([CH3])([CH3])[CH3].[Ir]. The molecule has 0 amide bonds. The molecule has 0 aliphatic carbocycles. The van der Waals surface area contributed by atoms with Gasteiger partial charge in [-0.05, 0) is 41.2 Å². The second-order valence-electron chi connectivity index (χ2n) is 15.3. The Morgan fingerprint density at radius 3 is 2.00 bits per heavy atom. The van der Waals surface area contributed by atoms with Gasteiger partial charge in [0.05, 0.1) is 16.6 Å². The molecule has 0 bridgehead atoms. The van der Waals surface area contributed by atoms with Crippen molar-refractivity contribution in [2.45, 2.75) is 30.5 Å². The predicted octanol–water partition coefficient (Wildman–Crippen LogP) is 12.7. The number of rotatable bonds is 7. The predicted molar refractivity (Wildman–Crippen MR) is 245 cm³/mol. The van der Waals surface area contributed by atoms with Gasteiger partial charge in [-0.1, -0.05) is 48.5 Å². The van der Waals surface area contributed by atoms with E-state index in [2.05, 4.69) is 57.6 Å². The molecule has 60 heavy (non-hydrogen) atoms. The maximum absolute atomic E-state index is 9.02. The molecule has 0 N–H and O–H groups in total. The first-order valence-electron chi connectivity index (χ1n) is 22.0. The number of para-hydroxylation sites is 2. The Balaban J connectivity index is 0.000000175. The summed E-state index contributed by atoms with van der Waals surface area (Å²) in [6.45, 7) is -2.29. The molecule has 4 heterocycles. The zero-order valence-corrected chi connectivity index (χ0v) is 37.7. The van der Waals surface area contributed by atoms with E-state index in [1.165, 1.54) is 0 Å². The van der Waals surface area contributed by atoms with Crippen LogP contribution in [-0.4, -0.2) is 33.2 Å². The van der Waals surface area contributed by atoms with Crippen molar-refractivity contribution < 1.29 is 31.4 Å². The molecule has 0 aliphatic heterocycles. The van der Waals surface area contributed by atoms with E-state index in [0.717, 1.165) is 54.3 Å². The van der Waals surface area contributed by atoms with Gasteiger partial charge in [-0.3, -0.25) is 0 Å². The Morgan fingerprint density at radius 1 is 0.650 bits per heavy atom. The molecule has 0 saturated carbocycles. The van der Waals surface area contributed by atoms with Crippen molar-refractivity contribution in [3.63, 3.8) is 0 Å². The first kappa shape index (κ1) is 34.8. The maximum Gasteiger partial charge on any atom is 0 e. The largest absolute Gasteiger partial charge is 0 e. The van der Waals surface area contributed by atoms with Crippen molar-refractivity contribution >= 4 is 50.9 Å². The maximum atomic E-state index is 9.02. The number of aryl methyl sites for hydroxylation is 1. The van der Waals surface area contributed by atoms with Gasteiger partial charge in [0.15, 0.2) is 0 Å². The van der Waals surface area contributed by atoms with Crippen LogP contribution in [0.5, 0.6) is 0 Å². The molecule has 10 aromatic rings. The minimum Gasteiger partial charge on any atom is 0 e. The molecule has 6 aromatic carbocycles. The van der Waals surface area contributed by atoms with E-state index in [4.69, 9.17) is 21.2 Å². The van der Waals surface area contributed by atoms with Gasteiger partial charge < -0.3 is 9.40 Å². The average Bonchev–Trinajstić information content (AvgIpc) is 3.67. The third-order valence-corrected chi connectivity index (χ3v) is 14.4. The van der Waals surface area contributed by atoms with Gasteiger partial charge >= 0.3 is 180 Å². The van der Waals surface area contributed by atoms with Gasteiger partial charge in [0.25, 0.3) is 0 Å². The van der Waals surface area contributed by atoms with Crippen molar-refractivity contribution in [3.8, 4) is 44.8 Å². The number of furan rings is 1. The molecule has 0 spiro atoms. The van der Waals surface area contributed by atoms with Crippen LogP contribution < -0.4 is 4.40 Å². The number of hydrogen-bond donors (Lipinski definition) is 0. The van der Waals surface area contributed by atoms with Gasteiger partial charge in [-0.25, -0.2) is 9.97 Å². The number of benzene rings is 6. The first-order chi connectivity index (χ1) is 30.7. The smallest absolute Gasteiger partial charge is 0 e. The minimum atomic E-state index is -2.37. The zero-order valence-electron chi connectivity index (χ0n) is 38.2. The molecule has 0 saturated heterocycles. The number of fused-ring (bicyclic) bond motifs is 4. The minimum absolute atomic E-state index is 0. The quantitative estimate of drug-likeness (QED) is 0.118. The van der Waals surface area contributed by atoms with E-state index in [1.54, 1.807) is 18.3 Å². The van der Waals surface area contributed by atoms with Crippen LogP contribution in [0.4, 0.5) is 0 Å². The first-order valence-corrected chi connectivity index (χ1v) is 26.8. The Morgan fingerprint density at radius 2 is 1.28 bits per heavy atom. The van der Waals surface area contributed by atoms with Crippen LogP contribution in [0.15, 0.2) is 175 Å². The fourth-order valence-corrected chi connectivity index (χ4v) is 10.0. The molecular weight excluding hydrogens is 973 g/mol. The molecule has 1 radical (unpaired) electrons. The summed E-state index contributed by atoms with van der Waals surface area (Å²) in [6, 6.07) is 56.4. The van der Waals surface area contributed by atoms with E-state index in [1.807, 2.05) is 134 Å². The monoisotopic (exact) mass is 1020 g/mol. The fraction of sp³-hybridized carbons (Fsp3) is 0.0943. The van der Waals surface area contributed by atoms with Gasteiger partial charge in [-0.2, -0.15) is 0 Å². The molecule has 10 rings (SSSR count). The van der Waals surface area contributed by atoms with Crippen LogP contribution in [0.3, 0.4) is 0 Å². The van der Waals surface area contributed by atoms with Gasteiger partial charge in [0.2, 0.25) is 5.71 Å². The molecule has 0 unspecified atom stereocenters. The summed E-state index contributed by atoms with van der Waals surface area (Å²) in [5, 5.41) is 0.779. The second kappa shape index (κ2) is 17.7. The second-order valence-corrected chi connectivity index (χ2v) is 25.9. The van der Waals surface area contributed by atoms with Gasteiger partial charge in [-0.15, -0.1) is 23.8 Å². The zero-order chi connectivity index (χ0) is 44.6. The van der Waals surface area contributed by atoms with Crippen LogP contribution in [0, 0.1) is 19.0 Å². The number of hydrogen-bond acceptors (Lipinski definition) is 5. The van der Waals surface area contributed by atoms with Crippen LogP contribution in [0.1, 0.15) is 23.5 Å². The van der Waals surface area contributed by atoms with Crippen molar-refractivity contribution in [1.82, 2.24) is 19.9 Å². The summed E-state index contributed by atoms with van der Waals surface area (Å²) < 4.78 is 49.3. The van der Waals surface area contributed by atoms with Crippen LogP contribution >= 0.6 is 0 Å². The standard InChI is InChI=1S/C27H26GeN.C26H16N3O.Ir/c1-28(2,3)26-20-29-27(19-25(26)17-21-11-6-4-7-12-21)24-16-10-15-23(18-24)22-13-8-5-9-14-22;1-16-13-23(27-15-20(16)17-7-3-2-4-8-17)18-11-12-24-19(14-18)25-26(30-24)29-22-10-6-5-9-21(22)28-25;/h4-15,18-20H,17H2,1-3H3;2-10,12-15H,1H3;/q2*-1;/i17D2;1D3;. The molecular formula is C53H42GeIrN4O-2. The van der Waals surface area contributed by atoms with E-state index in [-0.39, 0.29) is 25.7 Å². The Kier molecular flexibility index (Phi) is 10.2. The third kappa shape index (κ3) is 8.78. The Bertz CT molecular complexity index is 3290. The third-order valence-electron chi connectivity index (χ3n) is 10.1. The normalized spacial score (nSPS) is 12.9. The summed E-state index contributed by atoms with van der Waals surface area (Å²) in [5.74, 6) is 6.84. The molecule has 4 aromatic heterocycles. The van der Waals surface area contributed by atoms with Crippen molar-refractivity contribution in [2.24, 2.45) is 0 Å². The Labute approximate surface area is 374 Å². The molecule has 7 heteroatoms. The molecule has 0 atom stereocenters. The number of pyridine rings is 2. The summed E-state index contributed by atoms with van der Waals surface area (Å²) in [5.41, 5.74) is 11.3. The van der Waals surface area contributed by atoms with Crippen molar-refractivity contribution in [1.29, 1.82) is 0 Å². The summed E-state index contributed by atoms with van der Waals surface area (Å²) >= 11 is -2.37. The molecule has 295 valence electrons. The topological polar surface area (TPSA) is 64.7 Å². The van der Waals surface area contributed by atoms with Crippen molar-refractivity contribution in [2.75, 3.05) is 0 Å². The fourth-order valence-electron chi connectivity index (χ4n) is 7.09. The molecule has 0 aliphatic rings. The van der Waals surface area contributed by atoms with Crippen molar-refractivity contribution in [3.05, 3.63) is 199 Å².